The highest BCUT2D eigenvalue weighted by molar-refractivity contribution is 7.11. The summed E-state index contributed by atoms with van der Waals surface area (Å²) in [4.78, 5) is 25.4. The van der Waals surface area contributed by atoms with E-state index in [1.807, 2.05) is 48.5 Å². The quantitative estimate of drug-likeness (QED) is 0.644. The monoisotopic (exact) mass is 365 g/mol. The van der Waals surface area contributed by atoms with Crippen molar-refractivity contribution < 1.29 is 14.3 Å². The van der Waals surface area contributed by atoms with Gasteiger partial charge in [0, 0.05) is 12.1 Å². The first-order chi connectivity index (χ1) is 12.7. The molecule has 0 fully saturated rings. The zero-order valence-electron chi connectivity index (χ0n) is 14.1. The van der Waals surface area contributed by atoms with Gasteiger partial charge in [-0.3, -0.25) is 4.79 Å². The summed E-state index contributed by atoms with van der Waals surface area (Å²) in [5.74, 6) is -0.816. The predicted molar refractivity (Wildman–Crippen MR) is 102 cm³/mol. The summed E-state index contributed by atoms with van der Waals surface area (Å²) in [7, 11) is 0. The van der Waals surface area contributed by atoms with Crippen LogP contribution in [-0.2, 0) is 16.0 Å². The minimum atomic E-state index is -0.971. The van der Waals surface area contributed by atoms with Crippen molar-refractivity contribution in [3.05, 3.63) is 94.2 Å². The molecule has 0 spiro atoms. The van der Waals surface area contributed by atoms with Gasteiger partial charge in [-0.15, -0.1) is 11.3 Å². The maximum absolute atomic E-state index is 12.7. The average Bonchev–Trinajstić information content (AvgIpc) is 3.22. The Morgan fingerprint density at radius 3 is 2.27 bits per heavy atom. The third-order valence-electron chi connectivity index (χ3n) is 3.84. The number of hydrogen-bond acceptors (Lipinski definition) is 4. The van der Waals surface area contributed by atoms with Gasteiger partial charge in [0.25, 0.3) is 5.91 Å². The van der Waals surface area contributed by atoms with E-state index >= 15 is 0 Å². The van der Waals surface area contributed by atoms with Gasteiger partial charge in [-0.25, -0.2) is 4.79 Å². The SMILES string of the molecule is O=C(OC(C(=O)NCCc1ccccc1)c1ccccc1)c1cccs1. The molecule has 1 atom stereocenters. The lowest BCUT2D eigenvalue weighted by Crippen LogP contribution is -2.33. The van der Waals surface area contributed by atoms with Crippen molar-refractivity contribution in [2.75, 3.05) is 6.54 Å². The van der Waals surface area contributed by atoms with Gasteiger partial charge < -0.3 is 10.1 Å². The zero-order valence-corrected chi connectivity index (χ0v) is 14.9. The Labute approximate surface area is 156 Å². The Hall–Kier alpha value is -2.92. The fourth-order valence-electron chi connectivity index (χ4n) is 2.53. The van der Waals surface area contributed by atoms with Crippen LogP contribution in [0.1, 0.15) is 26.9 Å². The molecule has 0 aliphatic heterocycles. The van der Waals surface area contributed by atoms with Gasteiger partial charge in [-0.2, -0.15) is 0 Å². The maximum Gasteiger partial charge on any atom is 0.349 e. The van der Waals surface area contributed by atoms with E-state index in [4.69, 9.17) is 4.74 Å². The summed E-state index contributed by atoms with van der Waals surface area (Å²) in [6.45, 7) is 0.475. The lowest BCUT2D eigenvalue weighted by molar-refractivity contribution is -0.130. The van der Waals surface area contributed by atoms with Crippen LogP contribution in [0.2, 0.25) is 0 Å². The third kappa shape index (κ3) is 4.80. The first-order valence-electron chi connectivity index (χ1n) is 8.35. The second-order valence-corrected chi connectivity index (χ2v) is 6.65. The van der Waals surface area contributed by atoms with Crippen LogP contribution < -0.4 is 5.32 Å². The molecule has 1 heterocycles. The van der Waals surface area contributed by atoms with Gasteiger partial charge in [0.2, 0.25) is 6.10 Å². The molecule has 1 aromatic heterocycles. The van der Waals surface area contributed by atoms with E-state index in [2.05, 4.69) is 5.32 Å². The molecule has 3 rings (SSSR count). The van der Waals surface area contributed by atoms with Gasteiger partial charge in [-0.1, -0.05) is 66.7 Å². The summed E-state index contributed by atoms with van der Waals surface area (Å²) in [6.07, 6.45) is -0.256. The van der Waals surface area contributed by atoms with Crippen LogP contribution in [0.25, 0.3) is 0 Å². The van der Waals surface area contributed by atoms with Crippen LogP contribution >= 0.6 is 11.3 Å². The Balaban J connectivity index is 1.66. The Bertz CT molecular complexity index is 832. The van der Waals surface area contributed by atoms with Gasteiger partial charge in [-0.05, 0) is 23.4 Å². The van der Waals surface area contributed by atoms with Crippen molar-refractivity contribution in [2.45, 2.75) is 12.5 Å². The van der Waals surface area contributed by atoms with Crippen molar-refractivity contribution in [1.29, 1.82) is 0 Å². The normalized spacial score (nSPS) is 11.5. The van der Waals surface area contributed by atoms with E-state index in [1.54, 1.807) is 29.6 Å². The van der Waals surface area contributed by atoms with Crippen molar-refractivity contribution in [3.8, 4) is 0 Å². The molecule has 0 saturated carbocycles. The van der Waals surface area contributed by atoms with Crippen LogP contribution in [0.15, 0.2) is 78.2 Å². The number of benzene rings is 2. The van der Waals surface area contributed by atoms with E-state index in [1.165, 1.54) is 11.3 Å². The largest absolute Gasteiger partial charge is 0.443 e. The number of carbonyl (C=O) groups excluding carboxylic acids is 2. The van der Waals surface area contributed by atoms with Gasteiger partial charge in [0.15, 0.2) is 0 Å². The lowest BCUT2D eigenvalue weighted by atomic mass is 10.1. The van der Waals surface area contributed by atoms with Crippen LogP contribution in [0, 0.1) is 0 Å². The molecule has 1 amide bonds. The number of amides is 1. The van der Waals surface area contributed by atoms with Crippen LogP contribution in [-0.4, -0.2) is 18.4 Å². The first-order valence-corrected chi connectivity index (χ1v) is 9.23. The highest BCUT2D eigenvalue weighted by atomic mass is 32.1. The number of rotatable bonds is 7. The molecule has 0 aliphatic rings. The Kier molecular flexibility index (Phi) is 6.17. The molecule has 5 heteroatoms. The number of nitrogens with one attached hydrogen (secondary N) is 1. The molecule has 0 radical (unpaired) electrons. The smallest absolute Gasteiger partial charge is 0.349 e. The number of esters is 1. The molecule has 0 aliphatic carbocycles. The van der Waals surface area contributed by atoms with Crippen LogP contribution in [0.4, 0.5) is 0 Å². The molecule has 1 N–H and O–H groups in total. The highest BCUT2D eigenvalue weighted by Gasteiger charge is 2.25. The molecule has 2 aromatic carbocycles. The van der Waals surface area contributed by atoms with Crippen molar-refractivity contribution in [1.82, 2.24) is 5.32 Å². The molecule has 3 aromatic rings. The van der Waals surface area contributed by atoms with E-state index in [0.717, 1.165) is 5.56 Å². The Morgan fingerprint density at radius 2 is 1.62 bits per heavy atom. The second kappa shape index (κ2) is 8.97. The summed E-state index contributed by atoms with van der Waals surface area (Å²) in [5.41, 5.74) is 1.79. The minimum absolute atomic E-state index is 0.322. The van der Waals surface area contributed by atoms with Gasteiger partial charge in [0.05, 0.1) is 0 Å². The van der Waals surface area contributed by atoms with Crippen molar-refractivity contribution in [2.24, 2.45) is 0 Å². The average molecular weight is 365 g/mol. The fourth-order valence-corrected chi connectivity index (χ4v) is 3.13. The van der Waals surface area contributed by atoms with Gasteiger partial charge in [0.1, 0.15) is 4.88 Å². The van der Waals surface area contributed by atoms with Crippen molar-refractivity contribution >= 4 is 23.2 Å². The number of carbonyl (C=O) groups is 2. The topological polar surface area (TPSA) is 55.4 Å². The summed E-state index contributed by atoms with van der Waals surface area (Å²) in [6, 6.07) is 22.4. The standard InChI is InChI=1S/C21H19NO3S/c23-20(22-14-13-16-8-3-1-4-9-16)19(17-10-5-2-6-11-17)25-21(24)18-12-7-15-26-18/h1-12,15,19H,13-14H2,(H,22,23). The van der Waals surface area contributed by atoms with Crippen LogP contribution in [0.5, 0.6) is 0 Å². The molecule has 0 bridgehead atoms. The van der Waals surface area contributed by atoms with E-state index in [-0.39, 0.29) is 5.91 Å². The number of thiophene rings is 1. The lowest BCUT2D eigenvalue weighted by Gasteiger charge is -2.17. The maximum atomic E-state index is 12.7. The molecular weight excluding hydrogens is 346 g/mol. The predicted octanol–water partition coefficient (Wildman–Crippen LogP) is 4.01. The molecular formula is C21H19NO3S. The highest BCUT2D eigenvalue weighted by Crippen LogP contribution is 2.21. The molecule has 0 saturated heterocycles. The van der Waals surface area contributed by atoms with Crippen LogP contribution in [0.3, 0.4) is 0 Å². The Morgan fingerprint density at radius 1 is 0.923 bits per heavy atom. The second-order valence-electron chi connectivity index (χ2n) is 5.70. The zero-order chi connectivity index (χ0) is 18.2. The summed E-state index contributed by atoms with van der Waals surface area (Å²) < 4.78 is 5.50. The molecule has 132 valence electrons. The first kappa shape index (κ1) is 17.9. The van der Waals surface area contributed by atoms with E-state index < -0.39 is 12.1 Å². The van der Waals surface area contributed by atoms with E-state index in [9.17, 15) is 9.59 Å². The summed E-state index contributed by atoms with van der Waals surface area (Å²) in [5, 5.41) is 4.67. The van der Waals surface area contributed by atoms with Gasteiger partial charge >= 0.3 is 5.97 Å². The minimum Gasteiger partial charge on any atom is -0.443 e. The van der Waals surface area contributed by atoms with Crippen molar-refractivity contribution in [3.63, 3.8) is 0 Å². The molecule has 26 heavy (non-hydrogen) atoms. The fraction of sp³-hybridized carbons (Fsp3) is 0.143. The number of hydrogen-bond donors (Lipinski definition) is 1. The number of ether oxygens (including phenoxy) is 1. The van der Waals surface area contributed by atoms with E-state index in [0.29, 0.717) is 23.4 Å². The molecule has 4 nitrogen and oxygen atoms in total. The third-order valence-corrected chi connectivity index (χ3v) is 4.69. The summed E-state index contributed by atoms with van der Waals surface area (Å²) >= 11 is 1.29. The molecule has 1 unspecified atom stereocenters.